The van der Waals surface area contributed by atoms with Crippen LogP contribution in [0.1, 0.15) is 0 Å². The average Bonchev–Trinajstić information content (AvgIpc) is 2.45. The molecule has 1 aromatic rings. The molecule has 1 aliphatic heterocycles. The Morgan fingerprint density at radius 1 is 1.33 bits per heavy atom. The lowest BCUT2D eigenvalue weighted by atomic mass is 10.2. The third-order valence-corrected chi connectivity index (χ3v) is 2.91. The van der Waals surface area contributed by atoms with E-state index in [0.29, 0.717) is 0 Å². The lowest BCUT2D eigenvalue weighted by molar-refractivity contribution is -0.158. The largest absolute Gasteiger partial charge is 0.495 e. The van der Waals surface area contributed by atoms with Crippen LogP contribution < -0.4 is 20.4 Å². The topological polar surface area (TPSA) is 55.0 Å². The number of piperazine rings is 1. The highest BCUT2D eigenvalue weighted by Crippen LogP contribution is 2.31. The number of anilines is 2. The minimum absolute atomic E-state index is 0.776. The Bertz CT molecular complexity index is 386. The van der Waals surface area contributed by atoms with Crippen LogP contribution in [-0.4, -0.2) is 33.3 Å². The van der Waals surface area contributed by atoms with E-state index in [4.69, 9.17) is 4.74 Å². The molecule has 1 fully saturated rings. The SMILES string of the molecule is COc1ccc(NOOS)cc1N1CCNCC1. The molecule has 0 bridgehead atoms. The Kier molecular flexibility index (Phi) is 4.94. The summed E-state index contributed by atoms with van der Waals surface area (Å²) < 4.78 is 9.60. The predicted molar refractivity (Wildman–Crippen MR) is 72.9 cm³/mol. The van der Waals surface area contributed by atoms with E-state index in [1.54, 1.807) is 7.11 Å². The summed E-state index contributed by atoms with van der Waals surface area (Å²) in [5.41, 5.74) is 4.44. The number of methoxy groups -OCH3 is 1. The fourth-order valence-electron chi connectivity index (χ4n) is 1.97. The molecule has 18 heavy (non-hydrogen) atoms. The molecular weight excluding hydrogens is 254 g/mol. The van der Waals surface area contributed by atoms with Crippen LogP contribution in [0.25, 0.3) is 0 Å². The van der Waals surface area contributed by atoms with Gasteiger partial charge < -0.3 is 15.0 Å². The Labute approximate surface area is 112 Å². The molecule has 2 N–H and O–H groups in total. The Morgan fingerprint density at radius 3 is 2.78 bits per heavy atom. The Morgan fingerprint density at radius 2 is 2.11 bits per heavy atom. The summed E-state index contributed by atoms with van der Waals surface area (Å²) in [5.74, 6) is 0.842. The number of nitrogens with one attached hydrogen (secondary N) is 2. The fourth-order valence-corrected chi connectivity index (χ4v) is 2.01. The molecule has 2 rings (SSSR count). The number of ether oxygens (including phenoxy) is 1. The number of benzene rings is 1. The molecule has 0 saturated carbocycles. The smallest absolute Gasteiger partial charge is 0.142 e. The summed E-state index contributed by atoms with van der Waals surface area (Å²) in [6, 6.07) is 5.69. The molecule has 0 atom stereocenters. The van der Waals surface area contributed by atoms with Gasteiger partial charge in [0.15, 0.2) is 0 Å². The maximum absolute atomic E-state index is 5.38. The van der Waals surface area contributed by atoms with Gasteiger partial charge in [-0.2, -0.15) is 0 Å². The zero-order valence-electron chi connectivity index (χ0n) is 10.2. The summed E-state index contributed by atoms with van der Waals surface area (Å²) >= 11 is 3.49. The number of nitrogens with zero attached hydrogens (tertiary/aromatic N) is 1. The Balaban J connectivity index is 2.18. The van der Waals surface area contributed by atoms with Gasteiger partial charge in [-0.15, -0.1) is 9.32 Å². The fraction of sp³-hybridized carbons (Fsp3) is 0.455. The molecule has 6 nitrogen and oxygen atoms in total. The summed E-state index contributed by atoms with van der Waals surface area (Å²) in [6.45, 7) is 3.83. The zero-order chi connectivity index (χ0) is 12.8. The molecule has 0 amide bonds. The van der Waals surface area contributed by atoms with Crippen molar-refractivity contribution < 1.29 is 14.1 Å². The van der Waals surface area contributed by atoms with E-state index in [2.05, 4.69) is 37.9 Å². The van der Waals surface area contributed by atoms with Crippen LogP contribution in [0.5, 0.6) is 5.75 Å². The van der Waals surface area contributed by atoms with Crippen molar-refractivity contribution in [1.82, 2.24) is 5.32 Å². The maximum atomic E-state index is 5.38. The highest BCUT2D eigenvalue weighted by atomic mass is 32.1. The van der Waals surface area contributed by atoms with Gasteiger partial charge in [0.2, 0.25) is 0 Å². The number of hydrogen-bond donors (Lipinski definition) is 3. The van der Waals surface area contributed by atoms with Crippen molar-refractivity contribution in [1.29, 1.82) is 0 Å². The van der Waals surface area contributed by atoms with Crippen molar-refractivity contribution in [3.8, 4) is 5.75 Å². The van der Waals surface area contributed by atoms with Gasteiger partial charge in [-0.25, -0.2) is 5.48 Å². The summed E-state index contributed by atoms with van der Waals surface area (Å²) in [5, 5.41) is 3.32. The molecular formula is C11H17N3O3S. The van der Waals surface area contributed by atoms with Crippen LogP contribution in [0, 0.1) is 0 Å². The molecule has 1 heterocycles. The first kappa shape index (κ1) is 13.3. The third kappa shape index (κ3) is 3.20. The first-order chi connectivity index (χ1) is 8.85. The van der Waals surface area contributed by atoms with E-state index < -0.39 is 0 Å². The molecule has 7 heteroatoms. The van der Waals surface area contributed by atoms with Gasteiger partial charge in [-0.05, 0) is 18.2 Å². The van der Waals surface area contributed by atoms with Crippen molar-refractivity contribution in [2.75, 3.05) is 43.7 Å². The first-order valence-corrected chi connectivity index (χ1v) is 6.08. The second-order valence-electron chi connectivity index (χ2n) is 3.88. The summed E-state index contributed by atoms with van der Waals surface area (Å²) in [7, 11) is 1.67. The molecule has 0 aromatic heterocycles. The van der Waals surface area contributed by atoms with Gasteiger partial charge in [-0.3, -0.25) is 0 Å². The van der Waals surface area contributed by atoms with Gasteiger partial charge in [0.25, 0.3) is 0 Å². The van der Waals surface area contributed by atoms with E-state index >= 15 is 0 Å². The zero-order valence-corrected chi connectivity index (χ0v) is 11.1. The highest BCUT2D eigenvalue weighted by molar-refractivity contribution is 7.74. The van der Waals surface area contributed by atoms with Crippen molar-refractivity contribution in [3.05, 3.63) is 18.2 Å². The van der Waals surface area contributed by atoms with Crippen LogP contribution in [0.2, 0.25) is 0 Å². The quantitative estimate of drug-likeness (QED) is 0.324. The molecule has 0 aliphatic carbocycles. The van der Waals surface area contributed by atoms with Crippen molar-refractivity contribution in [2.24, 2.45) is 0 Å². The van der Waals surface area contributed by atoms with Crippen LogP contribution in [0.3, 0.4) is 0 Å². The molecule has 100 valence electrons. The van der Waals surface area contributed by atoms with E-state index in [1.807, 2.05) is 18.2 Å². The molecule has 1 aliphatic rings. The first-order valence-electron chi connectivity index (χ1n) is 5.72. The predicted octanol–water partition coefficient (Wildman–Crippen LogP) is 1.22. The summed E-state index contributed by atoms with van der Waals surface area (Å²) in [6.07, 6.45) is 0. The van der Waals surface area contributed by atoms with E-state index in [0.717, 1.165) is 43.3 Å². The maximum Gasteiger partial charge on any atom is 0.142 e. The molecule has 1 saturated heterocycles. The van der Waals surface area contributed by atoms with Crippen molar-refractivity contribution in [2.45, 2.75) is 0 Å². The second-order valence-corrected chi connectivity index (χ2v) is 4.03. The van der Waals surface area contributed by atoms with Crippen LogP contribution in [0.4, 0.5) is 11.4 Å². The van der Waals surface area contributed by atoms with Gasteiger partial charge >= 0.3 is 0 Å². The number of hydrogen-bond acceptors (Lipinski definition) is 7. The molecule has 0 spiro atoms. The third-order valence-electron chi connectivity index (χ3n) is 2.83. The number of rotatable bonds is 5. The van der Waals surface area contributed by atoms with Gasteiger partial charge in [-0.1, -0.05) is 0 Å². The lowest BCUT2D eigenvalue weighted by Crippen LogP contribution is -2.43. The van der Waals surface area contributed by atoms with Crippen LogP contribution in [0.15, 0.2) is 18.2 Å². The van der Waals surface area contributed by atoms with Crippen molar-refractivity contribution in [3.63, 3.8) is 0 Å². The molecule has 0 unspecified atom stereocenters. The molecule has 1 aromatic carbocycles. The van der Waals surface area contributed by atoms with E-state index in [1.165, 1.54) is 0 Å². The minimum atomic E-state index is 0.776. The normalized spacial score (nSPS) is 15.6. The van der Waals surface area contributed by atoms with E-state index in [9.17, 15) is 0 Å². The average molecular weight is 271 g/mol. The van der Waals surface area contributed by atoms with Crippen molar-refractivity contribution >= 4 is 24.3 Å². The van der Waals surface area contributed by atoms with Crippen LogP contribution in [-0.2, 0) is 9.32 Å². The lowest BCUT2D eigenvalue weighted by Gasteiger charge is -2.30. The van der Waals surface area contributed by atoms with E-state index in [-0.39, 0.29) is 0 Å². The van der Waals surface area contributed by atoms with Gasteiger partial charge in [0, 0.05) is 39.1 Å². The highest BCUT2D eigenvalue weighted by Gasteiger charge is 2.15. The minimum Gasteiger partial charge on any atom is -0.495 e. The monoisotopic (exact) mass is 271 g/mol. The van der Waals surface area contributed by atoms with Crippen LogP contribution >= 0.6 is 12.9 Å². The summed E-state index contributed by atoms with van der Waals surface area (Å²) in [4.78, 5) is 6.84. The van der Waals surface area contributed by atoms with Gasteiger partial charge in [0.1, 0.15) is 5.75 Å². The van der Waals surface area contributed by atoms with Gasteiger partial charge in [0.05, 0.1) is 18.5 Å². The second kappa shape index (κ2) is 6.69. The molecule has 0 radical (unpaired) electrons. The standard InChI is InChI=1S/C11H17N3O3S/c1-15-11-3-2-9(13-16-17-18)8-10(11)14-6-4-12-5-7-14/h2-3,8,12-13,18H,4-7H2,1H3. The Hall–Kier alpha value is -1.15. The number of thiol groups is 1.